The van der Waals surface area contributed by atoms with Crippen molar-refractivity contribution < 1.29 is 4.74 Å². The van der Waals surface area contributed by atoms with E-state index in [0.29, 0.717) is 6.04 Å². The van der Waals surface area contributed by atoms with Crippen molar-refractivity contribution in [3.63, 3.8) is 0 Å². The second-order valence-electron chi connectivity index (χ2n) is 5.48. The third-order valence-electron chi connectivity index (χ3n) is 3.90. The van der Waals surface area contributed by atoms with Crippen LogP contribution in [0.25, 0.3) is 0 Å². The van der Waals surface area contributed by atoms with E-state index >= 15 is 0 Å². The van der Waals surface area contributed by atoms with E-state index in [1.165, 1.54) is 24.3 Å². The number of thiophene rings is 1. The number of methoxy groups -OCH3 is 1. The summed E-state index contributed by atoms with van der Waals surface area (Å²) in [5, 5.41) is 8.91. The molecule has 0 radical (unpaired) electrons. The molecule has 1 aliphatic heterocycles. The Labute approximate surface area is 137 Å². The number of hydrogen-bond donors (Lipinski definition) is 2. The third kappa shape index (κ3) is 5.59. The first kappa shape index (κ1) is 17.2. The van der Waals surface area contributed by atoms with Gasteiger partial charge in [0.2, 0.25) is 0 Å². The molecule has 124 valence electrons. The maximum atomic E-state index is 5.20. The molecule has 0 amide bonds. The summed E-state index contributed by atoms with van der Waals surface area (Å²) in [7, 11) is 1.77. The van der Waals surface area contributed by atoms with Gasteiger partial charge in [-0.25, -0.2) is 4.99 Å². The molecule has 1 aliphatic rings. The van der Waals surface area contributed by atoms with Gasteiger partial charge in [-0.15, -0.1) is 11.3 Å². The summed E-state index contributed by atoms with van der Waals surface area (Å²) in [6.07, 6.45) is 2.53. The van der Waals surface area contributed by atoms with Crippen molar-refractivity contribution in [3.8, 4) is 0 Å². The average Bonchev–Trinajstić information content (AvgIpc) is 3.19. The molecule has 1 saturated heterocycles. The standard InChI is InChI=1S/C16H28N4OS/c1-3-17-16(19-13-15-7-5-11-22-15)18-12-14-6-4-8-20(14)9-10-21-2/h5,7,11,14H,3-4,6,8-10,12-13H2,1-2H3,(H2,17,18,19). The molecule has 1 unspecified atom stereocenters. The molecule has 2 heterocycles. The van der Waals surface area contributed by atoms with Crippen LogP contribution < -0.4 is 10.6 Å². The first-order valence-electron chi connectivity index (χ1n) is 8.11. The quantitative estimate of drug-likeness (QED) is 0.566. The molecule has 0 aliphatic carbocycles. The van der Waals surface area contributed by atoms with Gasteiger partial charge in [0.1, 0.15) is 0 Å². The second kappa shape index (κ2) is 9.82. The van der Waals surface area contributed by atoms with E-state index in [4.69, 9.17) is 4.74 Å². The molecule has 0 bridgehead atoms. The highest BCUT2D eigenvalue weighted by atomic mass is 32.1. The first-order chi connectivity index (χ1) is 10.8. The molecule has 2 rings (SSSR count). The molecule has 1 aromatic rings. The molecule has 2 N–H and O–H groups in total. The van der Waals surface area contributed by atoms with Crippen LogP contribution in [0.3, 0.4) is 0 Å². The first-order valence-corrected chi connectivity index (χ1v) is 8.99. The normalized spacial score (nSPS) is 19.5. The Morgan fingerprint density at radius 1 is 1.50 bits per heavy atom. The summed E-state index contributed by atoms with van der Waals surface area (Å²) in [4.78, 5) is 8.47. The number of rotatable bonds is 8. The molecule has 6 heteroatoms. The highest BCUT2D eigenvalue weighted by Gasteiger charge is 2.23. The van der Waals surface area contributed by atoms with Crippen molar-refractivity contribution in [2.24, 2.45) is 4.99 Å². The summed E-state index contributed by atoms with van der Waals surface area (Å²) < 4.78 is 5.20. The van der Waals surface area contributed by atoms with Gasteiger partial charge in [-0.2, -0.15) is 0 Å². The molecule has 1 aromatic heterocycles. The van der Waals surface area contributed by atoms with Crippen LogP contribution in [0, 0.1) is 0 Å². The lowest BCUT2D eigenvalue weighted by molar-refractivity contribution is 0.141. The van der Waals surface area contributed by atoms with Crippen LogP contribution in [0.4, 0.5) is 0 Å². The van der Waals surface area contributed by atoms with Gasteiger partial charge >= 0.3 is 0 Å². The third-order valence-corrected chi connectivity index (χ3v) is 4.77. The maximum Gasteiger partial charge on any atom is 0.191 e. The average molecular weight is 324 g/mol. The summed E-state index contributed by atoms with van der Waals surface area (Å²) in [6, 6.07) is 4.78. The zero-order chi connectivity index (χ0) is 15.6. The van der Waals surface area contributed by atoms with Crippen molar-refractivity contribution in [3.05, 3.63) is 22.4 Å². The largest absolute Gasteiger partial charge is 0.383 e. The summed E-state index contributed by atoms with van der Waals surface area (Å²) in [5.41, 5.74) is 0. The second-order valence-corrected chi connectivity index (χ2v) is 6.51. The summed E-state index contributed by atoms with van der Waals surface area (Å²) in [6.45, 7) is 7.68. The molecule has 1 atom stereocenters. The van der Waals surface area contributed by atoms with Crippen LogP contribution in [-0.4, -0.2) is 56.8 Å². The number of likely N-dealkylation sites (tertiary alicyclic amines) is 1. The Balaban J connectivity index is 1.81. The van der Waals surface area contributed by atoms with Crippen LogP contribution in [-0.2, 0) is 11.3 Å². The van der Waals surface area contributed by atoms with Gasteiger partial charge < -0.3 is 15.4 Å². The van der Waals surface area contributed by atoms with Gasteiger partial charge in [-0.1, -0.05) is 6.07 Å². The molecule has 1 fully saturated rings. The van der Waals surface area contributed by atoms with Gasteiger partial charge in [0.15, 0.2) is 5.96 Å². The lowest BCUT2D eigenvalue weighted by atomic mass is 10.2. The predicted octanol–water partition coefficient (Wildman–Crippen LogP) is 1.91. The fourth-order valence-electron chi connectivity index (χ4n) is 2.74. The van der Waals surface area contributed by atoms with Gasteiger partial charge in [-0.3, -0.25) is 4.90 Å². The van der Waals surface area contributed by atoms with E-state index in [2.05, 4.69) is 45.0 Å². The van der Waals surface area contributed by atoms with E-state index in [1.807, 2.05) is 0 Å². The molecule has 0 saturated carbocycles. The minimum absolute atomic E-state index is 0.584. The summed E-state index contributed by atoms with van der Waals surface area (Å²) >= 11 is 1.75. The molecule has 0 aromatic carbocycles. The zero-order valence-electron chi connectivity index (χ0n) is 13.7. The SMILES string of the molecule is CCNC(=NCc1cccs1)NCC1CCCN1CCOC. The Bertz CT molecular complexity index is 435. The predicted molar refractivity (Wildman–Crippen MR) is 93.6 cm³/mol. The van der Waals surface area contributed by atoms with E-state index in [9.17, 15) is 0 Å². The topological polar surface area (TPSA) is 48.9 Å². The fourth-order valence-corrected chi connectivity index (χ4v) is 3.37. The van der Waals surface area contributed by atoms with Crippen molar-refractivity contribution in [2.45, 2.75) is 32.4 Å². The molecule has 5 nitrogen and oxygen atoms in total. The monoisotopic (exact) mass is 324 g/mol. The Hall–Kier alpha value is -1.11. The Morgan fingerprint density at radius 2 is 2.41 bits per heavy atom. The maximum absolute atomic E-state index is 5.20. The summed E-state index contributed by atoms with van der Waals surface area (Å²) in [5.74, 6) is 0.912. The van der Waals surface area contributed by atoms with E-state index in [0.717, 1.165) is 38.7 Å². The van der Waals surface area contributed by atoms with Crippen molar-refractivity contribution >= 4 is 17.3 Å². The van der Waals surface area contributed by atoms with Crippen LogP contribution >= 0.6 is 11.3 Å². The highest BCUT2D eigenvalue weighted by Crippen LogP contribution is 2.15. The van der Waals surface area contributed by atoms with Gasteiger partial charge in [0.05, 0.1) is 13.2 Å². The molecule has 0 spiro atoms. The number of ether oxygens (including phenoxy) is 1. The van der Waals surface area contributed by atoms with E-state index in [1.54, 1.807) is 18.4 Å². The zero-order valence-corrected chi connectivity index (χ0v) is 14.5. The molecular formula is C16H28N4OS. The highest BCUT2D eigenvalue weighted by molar-refractivity contribution is 7.09. The minimum atomic E-state index is 0.584. The van der Waals surface area contributed by atoms with Crippen LogP contribution in [0.2, 0.25) is 0 Å². The smallest absolute Gasteiger partial charge is 0.191 e. The van der Waals surface area contributed by atoms with Gasteiger partial charge in [0.25, 0.3) is 0 Å². The van der Waals surface area contributed by atoms with Crippen LogP contribution in [0.1, 0.15) is 24.6 Å². The fraction of sp³-hybridized carbons (Fsp3) is 0.688. The van der Waals surface area contributed by atoms with Crippen molar-refractivity contribution in [1.82, 2.24) is 15.5 Å². The van der Waals surface area contributed by atoms with E-state index in [-0.39, 0.29) is 0 Å². The number of nitrogens with one attached hydrogen (secondary N) is 2. The number of guanidine groups is 1. The van der Waals surface area contributed by atoms with Crippen molar-refractivity contribution in [2.75, 3.05) is 39.9 Å². The number of hydrogen-bond acceptors (Lipinski definition) is 4. The van der Waals surface area contributed by atoms with Gasteiger partial charge in [0, 0.05) is 37.7 Å². The Kier molecular flexibility index (Phi) is 7.70. The number of aliphatic imine (C=N–C) groups is 1. The van der Waals surface area contributed by atoms with E-state index < -0.39 is 0 Å². The lowest BCUT2D eigenvalue weighted by Crippen LogP contribution is -2.45. The minimum Gasteiger partial charge on any atom is -0.383 e. The number of nitrogens with zero attached hydrogens (tertiary/aromatic N) is 2. The van der Waals surface area contributed by atoms with Crippen molar-refractivity contribution in [1.29, 1.82) is 0 Å². The lowest BCUT2D eigenvalue weighted by Gasteiger charge is -2.25. The van der Waals surface area contributed by atoms with Gasteiger partial charge in [-0.05, 0) is 37.8 Å². The molecule has 22 heavy (non-hydrogen) atoms. The van der Waals surface area contributed by atoms with Crippen LogP contribution in [0.15, 0.2) is 22.5 Å². The Morgan fingerprint density at radius 3 is 3.14 bits per heavy atom. The van der Waals surface area contributed by atoms with Crippen LogP contribution in [0.5, 0.6) is 0 Å². The molecular weight excluding hydrogens is 296 g/mol.